The van der Waals surface area contributed by atoms with E-state index in [-0.39, 0.29) is 0 Å². The van der Waals surface area contributed by atoms with E-state index in [1.54, 1.807) is 0 Å². The molecule has 0 N–H and O–H groups in total. The fourth-order valence-electron chi connectivity index (χ4n) is 1.48. The molecule has 0 saturated carbocycles. The van der Waals surface area contributed by atoms with Crippen LogP contribution in [0.2, 0.25) is 0 Å². The highest BCUT2D eigenvalue weighted by molar-refractivity contribution is 8.06. The van der Waals surface area contributed by atoms with Gasteiger partial charge in [-0.2, -0.15) is 0 Å². The molecule has 0 aromatic rings. The Kier molecular flexibility index (Phi) is 2.64. The van der Waals surface area contributed by atoms with Gasteiger partial charge in [-0.15, -0.1) is 11.8 Å². The third kappa shape index (κ3) is 1.89. The lowest BCUT2D eigenvalue weighted by Gasteiger charge is -2.29. The Bertz CT molecular complexity index is 97.1. The van der Waals surface area contributed by atoms with Crippen molar-refractivity contribution in [1.29, 1.82) is 0 Å². The fourth-order valence-corrected chi connectivity index (χ4v) is 2.39. The summed E-state index contributed by atoms with van der Waals surface area (Å²) >= 11 is 2.06. The molecule has 10 heavy (non-hydrogen) atoms. The van der Waals surface area contributed by atoms with Gasteiger partial charge in [0, 0.05) is 17.8 Å². The van der Waals surface area contributed by atoms with E-state index in [1.807, 2.05) is 0 Å². The number of hydrogen-bond donors (Lipinski definition) is 0. The average Bonchev–Trinajstić information content (AvgIpc) is 2.46. The highest BCUT2D eigenvalue weighted by Crippen LogP contribution is 2.35. The van der Waals surface area contributed by atoms with Crippen molar-refractivity contribution >= 4 is 11.8 Å². The Hall–Kier alpha value is 0.310. The van der Waals surface area contributed by atoms with Crippen LogP contribution in [0.15, 0.2) is 0 Å². The molecule has 2 heteroatoms. The highest BCUT2D eigenvalue weighted by atomic mass is 32.2. The molecule has 1 fully saturated rings. The molecule has 0 aromatic carbocycles. The maximum atomic E-state index is 2.57. The molecule has 1 atom stereocenters. The first kappa shape index (κ1) is 8.41. The predicted octanol–water partition coefficient (Wildman–Crippen LogP) is 2.18. The van der Waals surface area contributed by atoms with Crippen LogP contribution in [0, 0.1) is 0 Å². The zero-order chi connectivity index (χ0) is 7.72. The topological polar surface area (TPSA) is 3.24 Å². The minimum absolute atomic E-state index is 0.708. The van der Waals surface area contributed by atoms with E-state index in [0.29, 0.717) is 12.1 Å². The molecule has 1 aliphatic heterocycles. The molecule has 0 amide bonds. The van der Waals surface area contributed by atoms with Crippen LogP contribution in [0.5, 0.6) is 0 Å². The van der Waals surface area contributed by atoms with Crippen molar-refractivity contribution in [3.63, 3.8) is 0 Å². The Morgan fingerprint density at radius 3 is 1.70 bits per heavy atom. The lowest BCUT2D eigenvalue weighted by Crippen LogP contribution is -2.38. The first-order valence-electron chi connectivity index (χ1n) is 4.02. The molecule has 1 saturated heterocycles. The van der Waals surface area contributed by atoms with Crippen LogP contribution in [0.3, 0.4) is 0 Å². The molecule has 60 valence electrons. The van der Waals surface area contributed by atoms with Crippen molar-refractivity contribution in [3.05, 3.63) is 0 Å². The van der Waals surface area contributed by atoms with Crippen molar-refractivity contribution in [2.24, 2.45) is 0 Å². The summed E-state index contributed by atoms with van der Waals surface area (Å²) in [6.07, 6.45) is 0. The largest absolute Gasteiger partial charge is 0.286 e. The summed E-state index contributed by atoms with van der Waals surface area (Å²) in [5, 5.41) is 0.833. The molecule has 1 aliphatic rings. The van der Waals surface area contributed by atoms with Gasteiger partial charge in [-0.25, -0.2) is 0 Å². The second-order valence-corrected chi connectivity index (χ2v) is 4.63. The third-order valence-corrected chi connectivity index (χ3v) is 2.72. The zero-order valence-electron chi connectivity index (χ0n) is 7.29. The van der Waals surface area contributed by atoms with E-state index >= 15 is 0 Å². The highest BCUT2D eigenvalue weighted by Gasteiger charge is 2.32. The normalized spacial score (nSPS) is 24.9. The van der Waals surface area contributed by atoms with Gasteiger partial charge < -0.3 is 0 Å². The number of rotatable bonds is 3. The summed E-state index contributed by atoms with van der Waals surface area (Å²) < 4.78 is 0. The van der Waals surface area contributed by atoms with Crippen molar-refractivity contribution in [3.8, 4) is 0 Å². The van der Waals surface area contributed by atoms with Crippen molar-refractivity contribution in [2.45, 2.75) is 45.2 Å². The van der Waals surface area contributed by atoms with E-state index in [0.717, 1.165) is 5.37 Å². The quantitative estimate of drug-likeness (QED) is 0.581. The van der Waals surface area contributed by atoms with Gasteiger partial charge in [0.15, 0.2) is 0 Å². The SMILES string of the molecule is CC(C)N(C(C)C)C1CS1. The van der Waals surface area contributed by atoms with Gasteiger partial charge in [0.2, 0.25) is 0 Å². The number of thioether (sulfide) groups is 1. The zero-order valence-corrected chi connectivity index (χ0v) is 8.11. The van der Waals surface area contributed by atoms with Crippen LogP contribution in [0.1, 0.15) is 27.7 Å². The van der Waals surface area contributed by atoms with E-state index in [2.05, 4.69) is 44.4 Å². The average molecular weight is 159 g/mol. The smallest absolute Gasteiger partial charge is 0.0654 e. The maximum absolute atomic E-state index is 2.57. The van der Waals surface area contributed by atoms with Gasteiger partial charge in [-0.1, -0.05) is 0 Å². The van der Waals surface area contributed by atoms with Gasteiger partial charge in [-0.05, 0) is 27.7 Å². The lowest BCUT2D eigenvalue weighted by molar-refractivity contribution is 0.182. The van der Waals surface area contributed by atoms with Crippen LogP contribution in [-0.2, 0) is 0 Å². The summed E-state index contributed by atoms with van der Waals surface area (Å²) in [6, 6.07) is 1.42. The molecular weight excluding hydrogens is 142 g/mol. The second-order valence-electron chi connectivity index (χ2n) is 3.42. The molecule has 1 rings (SSSR count). The van der Waals surface area contributed by atoms with Crippen LogP contribution < -0.4 is 0 Å². The minimum atomic E-state index is 0.708. The first-order chi connectivity index (χ1) is 4.63. The Morgan fingerprint density at radius 2 is 1.60 bits per heavy atom. The van der Waals surface area contributed by atoms with Gasteiger partial charge in [0.25, 0.3) is 0 Å². The Labute approximate surface area is 68.2 Å². The Morgan fingerprint density at radius 1 is 1.20 bits per heavy atom. The molecule has 1 unspecified atom stereocenters. The molecular formula is C8H17NS. The summed E-state index contributed by atoms with van der Waals surface area (Å²) in [4.78, 5) is 2.57. The van der Waals surface area contributed by atoms with E-state index in [9.17, 15) is 0 Å². The molecule has 0 aromatic heterocycles. The monoisotopic (exact) mass is 159 g/mol. The lowest BCUT2D eigenvalue weighted by atomic mass is 10.2. The van der Waals surface area contributed by atoms with Crippen LogP contribution >= 0.6 is 11.8 Å². The van der Waals surface area contributed by atoms with Gasteiger partial charge in [-0.3, -0.25) is 4.90 Å². The number of nitrogens with zero attached hydrogens (tertiary/aromatic N) is 1. The second kappa shape index (κ2) is 3.14. The van der Waals surface area contributed by atoms with Gasteiger partial charge in [0.05, 0.1) is 5.37 Å². The van der Waals surface area contributed by atoms with E-state index in [1.165, 1.54) is 5.75 Å². The van der Waals surface area contributed by atoms with E-state index in [4.69, 9.17) is 0 Å². The first-order valence-corrected chi connectivity index (χ1v) is 5.07. The molecule has 0 spiro atoms. The molecule has 1 nitrogen and oxygen atoms in total. The van der Waals surface area contributed by atoms with Crippen LogP contribution in [0.4, 0.5) is 0 Å². The summed E-state index contributed by atoms with van der Waals surface area (Å²) in [5.74, 6) is 1.34. The predicted molar refractivity (Wildman–Crippen MR) is 48.4 cm³/mol. The summed E-state index contributed by atoms with van der Waals surface area (Å²) in [5.41, 5.74) is 0. The molecule has 0 bridgehead atoms. The minimum Gasteiger partial charge on any atom is -0.286 e. The maximum Gasteiger partial charge on any atom is 0.0654 e. The number of hydrogen-bond acceptors (Lipinski definition) is 2. The fraction of sp³-hybridized carbons (Fsp3) is 1.00. The standard InChI is InChI=1S/C8H17NS/c1-6(2)9(7(3)4)8-5-10-8/h6-8H,5H2,1-4H3. The van der Waals surface area contributed by atoms with Crippen molar-refractivity contribution < 1.29 is 0 Å². The van der Waals surface area contributed by atoms with Gasteiger partial charge >= 0.3 is 0 Å². The van der Waals surface area contributed by atoms with Crippen LogP contribution in [0.25, 0.3) is 0 Å². The molecule has 0 aliphatic carbocycles. The van der Waals surface area contributed by atoms with Crippen LogP contribution in [-0.4, -0.2) is 28.1 Å². The van der Waals surface area contributed by atoms with Crippen molar-refractivity contribution in [1.82, 2.24) is 4.90 Å². The van der Waals surface area contributed by atoms with Gasteiger partial charge in [0.1, 0.15) is 0 Å². The summed E-state index contributed by atoms with van der Waals surface area (Å²) in [7, 11) is 0. The van der Waals surface area contributed by atoms with Crippen molar-refractivity contribution in [2.75, 3.05) is 5.75 Å². The Balaban J connectivity index is 2.41. The molecule has 1 heterocycles. The van der Waals surface area contributed by atoms with E-state index < -0.39 is 0 Å². The third-order valence-electron chi connectivity index (χ3n) is 1.84. The summed E-state index contributed by atoms with van der Waals surface area (Å²) in [6.45, 7) is 9.11. The molecule has 0 radical (unpaired) electrons.